The molecule has 2 aromatic rings. The molecule has 2 heterocycles. The van der Waals surface area contributed by atoms with E-state index in [-0.39, 0.29) is 5.41 Å². The van der Waals surface area contributed by atoms with Crippen molar-refractivity contribution in [3.05, 3.63) is 34.1 Å². The number of rotatable bonds is 5. The maximum Gasteiger partial charge on any atom is 0.223 e. The molecule has 5 heteroatoms. The first kappa shape index (κ1) is 12.3. The molecule has 0 aliphatic carbocycles. The van der Waals surface area contributed by atoms with E-state index < -0.39 is 0 Å². The van der Waals surface area contributed by atoms with Gasteiger partial charge in [-0.2, -0.15) is 4.98 Å². The Hall–Kier alpha value is -1.20. The fourth-order valence-electron chi connectivity index (χ4n) is 1.65. The van der Waals surface area contributed by atoms with Gasteiger partial charge in [-0.05, 0) is 11.4 Å². The first-order valence-corrected chi connectivity index (χ1v) is 6.50. The van der Waals surface area contributed by atoms with Gasteiger partial charge in [-0.1, -0.05) is 25.1 Å². The molecule has 2 rings (SSSR count). The molecule has 0 saturated heterocycles. The monoisotopic (exact) mass is 251 g/mol. The van der Waals surface area contributed by atoms with Crippen LogP contribution in [0.1, 0.15) is 30.4 Å². The Kier molecular flexibility index (Phi) is 3.59. The maximum atomic E-state index is 4.92. The van der Waals surface area contributed by atoms with E-state index in [1.807, 2.05) is 0 Å². The largest absolute Gasteiger partial charge is 0.340 e. The van der Waals surface area contributed by atoms with Gasteiger partial charge in [-0.15, -0.1) is 11.3 Å². The summed E-state index contributed by atoms with van der Waals surface area (Å²) in [6, 6.07) is 4.26. The highest BCUT2D eigenvalue weighted by atomic mass is 32.1. The quantitative estimate of drug-likeness (QED) is 0.887. The summed E-state index contributed by atoms with van der Waals surface area (Å²) in [4.78, 5) is 5.54. The number of hydrogen-bond donors (Lipinski definition) is 1. The molecule has 0 unspecified atom stereocenters. The van der Waals surface area contributed by atoms with Gasteiger partial charge in [0, 0.05) is 23.8 Å². The molecular formula is C12H17N3OS. The first-order valence-electron chi connectivity index (χ1n) is 5.62. The number of aryl methyl sites for hydroxylation is 1. The predicted molar refractivity (Wildman–Crippen MR) is 68.1 cm³/mol. The minimum Gasteiger partial charge on any atom is -0.340 e. The lowest BCUT2D eigenvalue weighted by Gasteiger charge is -2.23. The molecule has 0 atom stereocenters. The fourth-order valence-corrected chi connectivity index (χ4v) is 2.50. The zero-order valence-corrected chi connectivity index (χ0v) is 11.2. The van der Waals surface area contributed by atoms with Gasteiger partial charge in [0.05, 0.1) is 6.54 Å². The van der Waals surface area contributed by atoms with Crippen molar-refractivity contribution >= 4 is 11.3 Å². The normalized spacial score (nSPS) is 11.9. The second-order valence-corrected chi connectivity index (χ2v) is 5.64. The third kappa shape index (κ3) is 3.14. The van der Waals surface area contributed by atoms with Crippen LogP contribution in [0.15, 0.2) is 22.0 Å². The molecule has 0 fully saturated rings. The Morgan fingerprint density at radius 2 is 2.29 bits per heavy atom. The summed E-state index contributed by atoms with van der Waals surface area (Å²) >= 11 is 1.79. The van der Waals surface area contributed by atoms with Gasteiger partial charge in [0.15, 0.2) is 5.82 Å². The van der Waals surface area contributed by atoms with Crippen molar-refractivity contribution < 1.29 is 4.52 Å². The molecule has 0 aliphatic heterocycles. The molecule has 0 amide bonds. The third-order valence-corrected chi connectivity index (χ3v) is 3.84. The van der Waals surface area contributed by atoms with E-state index >= 15 is 0 Å². The van der Waals surface area contributed by atoms with Crippen LogP contribution in [-0.4, -0.2) is 16.7 Å². The first-order chi connectivity index (χ1) is 8.08. The van der Waals surface area contributed by atoms with E-state index in [9.17, 15) is 0 Å². The Labute approximate surface area is 105 Å². The molecule has 0 bridgehead atoms. The van der Waals surface area contributed by atoms with Crippen molar-refractivity contribution in [3.8, 4) is 0 Å². The minimum absolute atomic E-state index is 0.132. The Balaban J connectivity index is 1.86. The van der Waals surface area contributed by atoms with E-state index in [1.165, 1.54) is 4.88 Å². The van der Waals surface area contributed by atoms with Crippen molar-refractivity contribution in [2.75, 3.05) is 6.54 Å². The summed E-state index contributed by atoms with van der Waals surface area (Å²) in [5.41, 5.74) is 0.132. The summed E-state index contributed by atoms with van der Waals surface area (Å²) in [6.45, 7) is 7.79. The standard InChI is InChI=1S/C12H17N3OS/c1-9-14-11(15-16-9)7-13-8-12(2,3)10-5-4-6-17-10/h4-6,13H,7-8H2,1-3H3. The molecule has 17 heavy (non-hydrogen) atoms. The second kappa shape index (κ2) is 4.98. The van der Waals surface area contributed by atoms with Crippen molar-refractivity contribution in [1.29, 1.82) is 0 Å². The minimum atomic E-state index is 0.132. The fraction of sp³-hybridized carbons (Fsp3) is 0.500. The Morgan fingerprint density at radius 3 is 2.88 bits per heavy atom. The zero-order valence-electron chi connectivity index (χ0n) is 10.4. The molecule has 0 radical (unpaired) electrons. The molecule has 2 aromatic heterocycles. The SMILES string of the molecule is Cc1nc(CNCC(C)(C)c2cccs2)no1. The van der Waals surface area contributed by atoms with E-state index in [0.29, 0.717) is 18.3 Å². The zero-order chi connectivity index (χ0) is 12.3. The predicted octanol–water partition coefficient (Wildman–Crippen LogP) is 2.51. The summed E-state index contributed by atoms with van der Waals surface area (Å²) in [6.07, 6.45) is 0. The van der Waals surface area contributed by atoms with Crippen molar-refractivity contribution in [2.24, 2.45) is 0 Å². The van der Waals surface area contributed by atoms with Gasteiger partial charge in [-0.25, -0.2) is 0 Å². The molecule has 92 valence electrons. The van der Waals surface area contributed by atoms with Crippen LogP contribution in [-0.2, 0) is 12.0 Å². The van der Waals surface area contributed by atoms with E-state index in [4.69, 9.17) is 4.52 Å². The molecular weight excluding hydrogens is 234 g/mol. The summed E-state index contributed by atoms with van der Waals surface area (Å²) in [5, 5.41) is 9.33. The lowest BCUT2D eigenvalue weighted by atomic mass is 9.91. The van der Waals surface area contributed by atoms with E-state index in [1.54, 1.807) is 18.3 Å². The molecule has 0 aromatic carbocycles. The Bertz CT molecular complexity index is 462. The highest BCUT2D eigenvalue weighted by Gasteiger charge is 2.21. The number of aromatic nitrogens is 2. The van der Waals surface area contributed by atoms with Crippen LogP contribution in [0.2, 0.25) is 0 Å². The molecule has 0 saturated carbocycles. The van der Waals surface area contributed by atoms with Gasteiger partial charge in [0.25, 0.3) is 0 Å². The van der Waals surface area contributed by atoms with Crippen LogP contribution in [0.25, 0.3) is 0 Å². The third-order valence-electron chi connectivity index (χ3n) is 2.61. The molecule has 4 nitrogen and oxygen atoms in total. The number of nitrogens with zero attached hydrogens (tertiary/aromatic N) is 2. The smallest absolute Gasteiger partial charge is 0.223 e. The van der Waals surface area contributed by atoms with Crippen LogP contribution in [0.5, 0.6) is 0 Å². The van der Waals surface area contributed by atoms with E-state index in [2.05, 4.69) is 46.8 Å². The van der Waals surface area contributed by atoms with Gasteiger partial charge in [0.1, 0.15) is 0 Å². The molecule has 0 aliphatic rings. The van der Waals surface area contributed by atoms with Gasteiger partial charge in [-0.3, -0.25) is 0 Å². The van der Waals surface area contributed by atoms with Crippen molar-refractivity contribution in [3.63, 3.8) is 0 Å². The maximum absolute atomic E-state index is 4.92. The number of nitrogens with one attached hydrogen (secondary N) is 1. The average Bonchev–Trinajstić information content (AvgIpc) is 2.89. The number of thiophene rings is 1. The van der Waals surface area contributed by atoms with Crippen LogP contribution in [0.3, 0.4) is 0 Å². The second-order valence-electron chi connectivity index (χ2n) is 4.69. The van der Waals surface area contributed by atoms with Crippen LogP contribution < -0.4 is 5.32 Å². The van der Waals surface area contributed by atoms with Gasteiger partial charge >= 0.3 is 0 Å². The van der Waals surface area contributed by atoms with Crippen molar-refractivity contribution in [2.45, 2.75) is 32.7 Å². The lowest BCUT2D eigenvalue weighted by Crippen LogP contribution is -2.32. The number of hydrogen-bond acceptors (Lipinski definition) is 5. The highest BCUT2D eigenvalue weighted by Crippen LogP contribution is 2.26. The van der Waals surface area contributed by atoms with Gasteiger partial charge < -0.3 is 9.84 Å². The topological polar surface area (TPSA) is 51.0 Å². The summed E-state index contributed by atoms with van der Waals surface area (Å²) in [7, 11) is 0. The van der Waals surface area contributed by atoms with Crippen molar-refractivity contribution in [1.82, 2.24) is 15.5 Å². The van der Waals surface area contributed by atoms with Gasteiger partial charge in [0.2, 0.25) is 5.89 Å². The molecule has 1 N–H and O–H groups in total. The summed E-state index contributed by atoms with van der Waals surface area (Å²) in [5.74, 6) is 1.32. The van der Waals surface area contributed by atoms with Crippen LogP contribution in [0.4, 0.5) is 0 Å². The molecule has 0 spiro atoms. The summed E-state index contributed by atoms with van der Waals surface area (Å²) < 4.78 is 4.92. The Morgan fingerprint density at radius 1 is 1.47 bits per heavy atom. The average molecular weight is 251 g/mol. The van der Waals surface area contributed by atoms with Crippen LogP contribution >= 0.6 is 11.3 Å². The highest BCUT2D eigenvalue weighted by molar-refractivity contribution is 7.10. The lowest BCUT2D eigenvalue weighted by molar-refractivity contribution is 0.383. The van der Waals surface area contributed by atoms with Crippen LogP contribution in [0, 0.1) is 6.92 Å². The van der Waals surface area contributed by atoms with E-state index in [0.717, 1.165) is 6.54 Å².